The molecule has 0 atom stereocenters. The van der Waals surface area contributed by atoms with Gasteiger partial charge in [0, 0.05) is 6.07 Å². The predicted molar refractivity (Wildman–Crippen MR) is 130 cm³/mol. The highest BCUT2D eigenvalue weighted by Gasteiger charge is 2.25. The highest BCUT2D eigenvalue weighted by atomic mass is 32.1. The van der Waals surface area contributed by atoms with Crippen LogP contribution in [0.25, 0.3) is 21.2 Å². The van der Waals surface area contributed by atoms with Crippen LogP contribution in [-0.4, -0.2) is 18.0 Å². The molecule has 0 aliphatic carbocycles. The molecule has 33 heavy (non-hydrogen) atoms. The number of benzene rings is 3. The number of nitrogens with zero attached hydrogens (tertiary/aromatic N) is 2. The van der Waals surface area contributed by atoms with Crippen LogP contribution in [0.15, 0.2) is 82.0 Å². The third-order valence-electron chi connectivity index (χ3n) is 5.42. The number of fused-ring (bicyclic) bond motifs is 2. The molecule has 5 rings (SSSR count). The molecule has 0 saturated heterocycles. The molecule has 0 aliphatic heterocycles. The van der Waals surface area contributed by atoms with Crippen LogP contribution in [0.2, 0.25) is 0 Å². The molecule has 2 heterocycles. The molecule has 0 N–H and O–H groups in total. The third kappa shape index (κ3) is 3.87. The number of aryl methyl sites for hydroxylation is 1. The van der Waals surface area contributed by atoms with Gasteiger partial charge in [-0.3, -0.25) is 14.5 Å². The first kappa shape index (κ1) is 20.9. The van der Waals surface area contributed by atoms with Gasteiger partial charge in [0.1, 0.15) is 16.8 Å². The number of thiazole rings is 1. The topological polar surface area (TPSA) is 72.6 Å². The number of anilines is 1. The summed E-state index contributed by atoms with van der Waals surface area (Å²) < 4.78 is 12.3. The number of amides is 1. The lowest BCUT2D eigenvalue weighted by Crippen LogP contribution is -2.31. The standard InChI is InChI=1S/C26H20N2O4S/c1-16-12-13-21(31-2)23-24(16)33-26(27-23)28(15-17-8-4-3-5-9-17)25(30)22-14-19(29)18-10-6-7-11-20(18)32-22/h3-14H,15H2,1-2H3. The van der Waals surface area contributed by atoms with E-state index in [1.807, 2.05) is 49.4 Å². The molecule has 6 nitrogen and oxygen atoms in total. The van der Waals surface area contributed by atoms with Gasteiger partial charge < -0.3 is 9.15 Å². The van der Waals surface area contributed by atoms with Gasteiger partial charge in [-0.05, 0) is 36.2 Å². The van der Waals surface area contributed by atoms with Crippen molar-refractivity contribution in [1.82, 2.24) is 4.98 Å². The number of carbonyl (C=O) groups is 1. The van der Waals surface area contributed by atoms with E-state index in [2.05, 4.69) is 0 Å². The van der Waals surface area contributed by atoms with Crippen molar-refractivity contribution in [2.45, 2.75) is 13.5 Å². The summed E-state index contributed by atoms with van der Waals surface area (Å²) in [6.45, 7) is 2.27. The second-order valence-electron chi connectivity index (χ2n) is 7.61. The lowest BCUT2D eigenvalue weighted by molar-refractivity contribution is 0.0959. The van der Waals surface area contributed by atoms with Crippen molar-refractivity contribution in [2.24, 2.45) is 0 Å². The van der Waals surface area contributed by atoms with Crippen molar-refractivity contribution in [2.75, 3.05) is 12.0 Å². The van der Waals surface area contributed by atoms with Crippen molar-refractivity contribution < 1.29 is 13.9 Å². The van der Waals surface area contributed by atoms with E-state index in [0.29, 0.717) is 27.4 Å². The van der Waals surface area contributed by atoms with Crippen LogP contribution in [0.4, 0.5) is 5.13 Å². The Labute approximate surface area is 193 Å². The molecular weight excluding hydrogens is 436 g/mol. The zero-order valence-electron chi connectivity index (χ0n) is 18.1. The van der Waals surface area contributed by atoms with Gasteiger partial charge in [-0.2, -0.15) is 0 Å². The van der Waals surface area contributed by atoms with Crippen molar-refractivity contribution >= 4 is 43.6 Å². The molecule has 1 amide bonds. The van der Waals surface area contributed by atoms with Crippen molar-refractivity contribution in [3.8, 4) is 5.75 Å². The number of ether oxygens (including phenoxy) is 1. The summed E-state index contributed by atoms with van der Waals surface area (Å²) in [5.74, 6) is 0.178. The summed E-state index contributed by atoms with van der Waals surface area (Å²) >= 11 is 1.41. The quantitative estimate of drug-likeness (QED) is 0.346. The number of carbonyl (C=O) groups excluding carboxylic acids is 1. The molecule has 164 valence electrons. The predicted octanol–water partition coefficient (Wildman–Crippen LogP) is 5.57. The molecule has 7 heteroatoms. The summed E-state index contributed by atoms with van der Waals surface area (Å²) in [4.78, 5) is 32.6. The first-order chi connectivity index (χ1) is 16.0. The van der Waals surface area contributed by atoms with Crippen LogP contribution in [0.5, 0.6) is 5.75 Å². The maximum absolute atomic E-state index is 13.7. The van der Waals surface area contributed by atoms with E-state index in [0.717, 1.165) is 15.8 Å². The van der Waals surface area contributed by atoms with Crippen LogP contribution in [-0.2, 0) is 6.54 Å². The summed E-state index contributed by atoms with van der Waals surface area (Å²) in [7, 11) is 1.60. The minimum atomic E-state index is -0.433. The highest BCUT2D eigenvalue weighted by Crippen LogP contribution is 2.37. The van der Waals surface area contributed by atoms with Gasteiger partial charge in [0.15, 0.2) is 16.3 Å². The molecule has 0 unspecified atom stereocenters. The number of methoxy groups -OCH3 is 1. The fourth-order valence-electron chi connectivity index (χ4n) is 3.71. The maximum atomic E-state index is 13.7. The Morgan fingerprint density at radius 3 is 2.61 bits per heavy atom. The Balaban J connectivity index is 1.65. The average Bonchev–Trinajstić information content (AvgIpc) is 3.29. The molecule has 2 aromatic heterocycles. The zero-order valence-corrected chi connectivity index (χ0v) is 18.9. The molecule has 0 bridgehead atoms. The first-order valence-electron chi connectivity index (χ1n) is 10.4. The van der Waals surface area contributed by atoms with Gasteiger partial charge >= 0.3 is 0 Å². The molecule has 0 fully saturated rings. The molecule has 0 radical (unpaired) electrons. The average molecular weight is 457 g/mol. The van der Waals surface area contributed by atoms with Crippen LogP contribution in [0, 0.1) is 6.92 Å². The highest BCUT2D eigenvalue weighted by molar-refractivity contribution is 7.22. The molecular formula is C26H20N2O4S. The van der Waals surface area contributed by atoms with E-state index < -0.39 is 5.91 Å². The van der Waals surface area contributed by atoms with Crippen molar-refractivity contribution in [1.29, 1.82) is 0 Å². The Kier molecular flexibility index (Phi) is 5.40. The van der Waals surface area contributed by atoms with Crippen molar-refractivity contribution in [3.05, 3.63) is 99.9 Å². The molecule has 3 aromatic carbocycles. The van der Waals surface area contributed by atoms with Gasteiger partial charge in [-0.15, -0.1) is 0 Å². The number of aromatic nitrogens is 1. The SMILES string of the molecule is COc1ccc(C)c2sc(N(Cc3ccccc3)C(=O)c3cc(=O)c4ccccc4o3)nc12. The second-order valence-corrected chi connectivity index (χ2v) is 8.58. The maximum Gasteiger partial charge on any atom is 0.296 e. The largest absolute Gasteiger partial charge is 0.494 e. The fourth-order valence-corrected chi connectivity index (χ4v) is 4.76. The van der Waals surface area contributed by atoms with Gasteiger partial charge in [0.2, 0.25) is 0 Å². The van der Waals surface area contributed by atoms with E-state index in [1.54, 1.807) is 36.3 Å². The van der Waals surface area contributed by atoms with E-state index in [-0.39, 0.29) is 17.7 Å². The van der Waals surface area contributed by atoms with Crippen LogP contribution in [0.1, 0.15) is 21.7 Å². The molecule has 5 aromatic rings. The Morgan fingerprint density at radius 1 is 1.06 bits per heavy atom. The lowest BCUT2D eigenvalue weighted by Gasteiger charge is -2.19. The van der Waals surface area contributed by atoms with Gasteiger partial charge in [0.05, 0.1) is 23.7 Å². The molecule has 0 saturated carbocycles. The Bertz CT molecular complexity index is 1540. The summed E-state index contributed by atoms with van der Waals surface area (Å²) in [5, 5.41) is 0.936. The van der Waals surface area contributed by atoms with Gasteiger partial charge in [0.25, 0.3) is 5.91 Å². The third-order valence-corrected chi connectivity index (χ3v) is 6.63. The fraction of sp³-hybridized carbons (Fsp3) is 0.115. The minimum absolute atomic E-state index is 0.0300. The molecule has 0 aliphatic rings. The Morgan fingerprint density at radius 2 is 1.82 bits per heavy atom. The second kappa shape index (κ2) is 8.52. The van der Waals surface area contributed by atoms with Crippen LogP contribution >= 0.6 is 11.3 Å². The number of rotatable bonds is 5. The van der Waals surface area contributed by atoms with E-state index >= 15 is 0 Å². The number of para-hydroxylation sites is 1. The number of hydrogen-bond donors (Lipinski definition) is 0. The van der Waals surface area contributed by atoms with Crippen molar-refractivity contribution in [3.63, 3.8) is 0 Å². The summed E-state index contributed by atoms with van der Waals surface area (Å²) in [5.41, 5.74) is 2.77. The van der Waals surface area contributed by atoms with E-state index in [1.165, 1.54) is 17.4 Å². The van der Waals surface area contributed by atoms with E-state index in [4.69, 9.17) is 14.1 Å². The zero-order chi connectivity index (χ0) is 22.9. The smallest absolute Gasteiger partial charge is 0.296 e. The van der Waals surface area contributed by atoms with Crippen LogP contribution < -0.4 is 15.1 Å². The monoisotopic (exact) mass is 456 g/mol. The summed E-state index contributed by atoms with van der Waals surface area (Å²) in [6.07, 6.45) is 0. The first-order valence-corrected chi connectivity index (χ1v) is 11.2. The lowest BCUT2D eigenvalue weighted by atomic mass is 10.2. The summed E-state index contributed by atoms with van der Waals surface area (Å²) in [6, 6.07) is 21.6. The molecule has 0 spiro atoms. The Hall–Kier alpha value is -3.97. The normalized spacial score (nSPS) is 11.1. The van der Waals surface area contributed by atoms with E-state index in [9.17, 15) is 9.59 Å². The van der Waals surface area contributed by atoms with Gasteiger partial charge in [-0.1, -0.05) is 59.9 Å². The van der Waals surface area contributed by atoms with Crippen LogP contribution in [0.3, 0.4) is 0 Å². The minimum Gasteiger partial charge on any atom is -0.494 e. The van der Waals surface area contributed by atoms with Gasteiger partial charge in [-0.25, -0.2) is 4.98 Å². The number of hydrogen-bond acceptors (Lipinski definition) is 6.